The minimum Gasteiger partial charge on any atom is -0.396 e. The Labute approximate surface area is 101 Å². The van der Waals surface area contributed by atoms with Crippen molar-refractivity contribution in [3.63, 3.8) is 0 Å². The highest BCUT2D eigenvalue weighted by atomic mass is 32.2. The van der Waals surface area contributed by atoms with Crippen molar-refractivity contribution in [3.8, 4) is 0 Å². The lowest BCUT2D eigenvalue weighted by Crippen LogP contribution is -2.31. The third-order valence-electron chi connectivity index (χ3n) is 2.13. The summed E-state index contributed by atoms with van der Waals surface area (Å²) in [5.41, 5.74) is 5.70. The van der Waals surface area contributed by atoms with Crippen molar-refractivity contribution in [2.45, 2.75) is 11.9 Å². The fourth-order valence-electron chi connectivity index (χ4n) is 1.29. The van der Waals surface area contributed by atoms with E-state index in [1.165, 1.54) is 12.3 Å². The standard InChI is InChI=1S/C10H17N3O3S/c1-8(7-16-2)6-13-17(14,15)10-9(11)4-3-5-12-10/h3-5,8,13H,6-7,11H2,1-2H3. The van der Waals surface area contributed by atoms with Gasteiger partial charge in [0.2, 0.25) is 0 Å². The lowest BCUT2D eigenvalue weighted by atomic mass is 10.2. The Hall–Kier alpha value is -1.18. The molecule has 1 atom stereocenters. The van der Waals surface area contributed by atoms with Gasteiger partial charge in [0.1, 0.15) is 0 Å². The second kappa shape index (κ2) is 5.95. The van der Waals surface area contributed by atoms with Crippen molar-refractivity contribution in [1.29, 1.82) is 0 Å². The maximum absolute atomic E-state index is 11.9. The molecule has 1 aromatic rings. The van der Waals surface area contributed by atoms with Crippen molar-refractivity contribution in [2.75, 3.05) is 26.0 Å². The van der Waals surface area contributed by atoms with E-state index in [1.807, 2.05) is 6.92 Å². The van der Waals surface area contributed by atoms with Gasteiger partial charge in [-0.3, -0.25) is 0 Å². The summed E-state index contributed by atoms with van der Waals surface area (Å²) in [4.78, 5) is 3.77. The summed E-state index contributed by atoms with van der Waals surface area (Å²) in [6, 6.07) is 3.09. The van der Waals surface area contributed by atoms with Crippen molar-refractivity contribution in [3.05, 3.63) is 18.3 Å². The molecule has 0 spiro atoms. The van der Waals surface area contributed by atoms with Gasteiger partial charge in [-0.2, -0.15) is 0 Å². The smallest absolute Gasteiger partial charge is 0.260 e. The van der Waals surface area contributed by atoms with Gasteiger partial charge in [0.15, 0.2) is 5.03 Å². The van der Waals surface area contributed by atoms with Crippen LogP contribution in [0.2, 0.25) is 0 Å². The van der Waals surface area contributed by atoms with E-state index in [4.69, 9.17) is 10.5 Å². The lowest BCUT2D eigenvalue weighted by Gasteiger charge is -2.12. The van der Waals surface area contributed by atoms with E-state index in [-0.39, 0.29) is 23.2 Å². The highest BCUT2D eigenvalue weighted by Gasteiger charge is 2.19. The number of nitrogens with one attached hydrogen (secondary N) is 1. The minimum absolute atomic E-state index is 0.0831. The van der Waals surface area contributed by atoms with Crippen LogP contribution in [0.4, 0.5) is 5.69 Å². The third kappa shape index (κ3) is 3.95. The van der Waals surface area contributed by atoms with Gasteiger partial charge < -0.3 is 10.5 Å². The van der Waals surface area contributed by atoms with E-state index >= 15 is 0 Å². The molecule has 1 rings (SSSR count). The van der Waals surface area contributed by atoms with Crippen LogP contribution >= 0.6 is 0 Å². The first-order chi connectivity index (χ1) is 7.97. The van der Waals surface area contributed by atoms with Gasteiger partial charge in [0.25, 0.3) is 10.0 Å². The van der Waals surface area contributed by atoms with Crippen LogP contribution in [-0.2, 0) is 14.8 Å². The second-order valence-electron chi connectivity index (χ2n) is 3.81. The number of sulfonamides is 1. The molecular formula is C10H17N3O3S. The summed E-state index contributed by atoms with van der Waals surface area (Å²) >= 11 is 0. The van der Waals surface area contributed by atoms with Crippen LogP contribution in [0, 0.1) is 5.92 Å². The molecule has 6 nitrogen and oxygen atoms in total. The molecule has 0 saturated heterocycles. The Bertz CT molecular complexity index is 462. The maximum Gasteiger partial charge on any atom is 0.260 e. The number of aromatic nitrogens is 1. The van der Waals surface area contributed by atoms with E-state index in [1.54, 1.807) is 13.2 Å². The monoisotopic (exact) mass is 259 g/mol. The highest BCUT2D eigenvalue weighted by molar-refractivity contribution is 7.89. The average molecular weight is 259 g/mol. The topological polar surface area (TPSA) is 94.3 Å². The van der Waals surface area contributed by atoms with E-state index in [9.17, 15) is 8.42 Å². The average Bonchev–Trinajstić information content (AvgIpc) is 2.27. The summed E-state index contributed by atoms with van der Waals surface area (Å²) in [5, 5.41) is -0.135. The molecule has 0 bridgehead atoms. The van der Waals surface area contributed by atoms with E-state index < -0.39 is 10.0 Å². The van der Waals surface area contributed by atoms with Gasteiger partial charge in [-0.1, -0.05) is 6.92 Å². The molecule has 1 unspecified atom stereocenters. The Morgan fingerprint density at radius 1 is 1.59 bits per heavy atom. The number of rotatable bonds is 6. The number of hydrogen-bond donors (Lipinski definition) is 2. The molecule has 0 aliphatic heterocycles. The predicted molar refractivity (Wildman–Crippen MR) is 64.9 cm³/mol. The van der Waals surface area contributed by atoms with Crippen LogP contribution in [0.25, 0.3) is 0 Å². The molecule has 17 heavy (non-hydrogen) atoms. The number of methoxy groups -OCH3 is 1. The first-order valence-corrected chi connectivity index (χ1v) is 6.64. The minimum atomic E-state index is -3.65. The number of nitrogens with two attached hydrogens (primary N) is 1. The molecule has 0 amide bonds. The highest BCUT2D eigenvalue weighted by Crippen LogP contribution is 2.13. The number of nitrogens with zero attached hydrogens (tertiary/aromatic N) is 1. The van der Waals surface area contributed by atoms with Crippen molar-refractivity contribution < 1.29 is 13.2 Å². The van der Waals surface area contributed by atoms with Crippen LogP contribution < -0.4 is 10.5 Å². The molecule has 0 aliphatic rings. The lowest BCUT2D eigenvalue weighted by molar-refractivity contribution is 0.161. The van der Waals surface area contributed by atoms with Gasteiger partial charge in [-0.05, 0) is 18.1 Å². The van der Waals surface area contributed by atoms with Crippen LogP contribution in [0.15, 0.2) is 23.4 Å². The Kier molecular flexibility index (Phi) is 4.86. The summed E-state index contributed by atoms with van der Waals surface area (Å²) in [6.07, 6.45) is 1.39. The van der Waals surface area contributed by atoms with Crippen molar-refractivity contribution in [2.24, 2.45) is 5.92 Å². The number of pyridine rings is 1. The Morgan fingerprint density at radius 3 is 2.88 bits per heavy atom. The normalized spacial score (nSPS) is 13.5. The van der Waals surface area contributed by atoms with Crippen molar-refractivity contribution in [1.82, 2.24) is 9.71 Å². The van der Waals surface area contributed by atoms with Crippen LogP contribution in [0.5, 0.6) is 0 Å². The molecule has 1 heterocycles. The van der Waals surface area contributed by atoms with E-state index in [0.29, 0.717) is 6.61 Å². The van der Waals surface area contributed by atoms with E-state index in [2.05, 4.69) is 9.71 Å². The molecule has 0 saturated carbocycles. The van der Waals surface area contributed by atoms with Crippen molar-refractivity contribution >= 4 is 15.7 Å². The predicted octanol–water partition coefficient (Wildman–Crippen LogP) is 0.225. The van der Waals surface area contributed by atoms with Gasteiger partial charge in [-0.25, -0.2) is 18.1 Å². The number of hydrogen-bond acceptors (Lipinski definition) is 5. The van der Waals surface area contributed by atoms with Gasteiger partial charge >= 0.3 is 0 Å². The van der Waals surface area contributed by atoms with E-state index in [0.717, 1.165) is 0 Å². The van der Waals surface area contributed by atoms with Crippen LogP contribution in [0.3, 0.4) is 0 Å². The zero-order chi connectivity index (χ0) is 12.9. The first kappa shape index (κ1) is 13.9. The fourth-order valence-corrected chi connectivity index (χ4v) is 2.51. The molecule has 7 heteroatoms. The Balaban J connectivity index is 2.73. The molecule has 3 N–H and O–H groups in total. The van der Waals surface area contributed by atoms with Gasteiger partial charge in [-0.15, -0.1) is 0 Å². The number of ether oxygens (including phenoxy) is 1. The SMILES string of the molecule is COCC(C)CNS(=O)(=O)c1ncccc1N. The molecule has 0 fully saturated rings. The molecule has 0 radical (unpaired) electrons. The van der Waals surface area contributed by atoms with Crippen LogP contribution in [0.1, 0.15) is 6.92 Å². The fraction of sp³-hybridized carbons (Fsp3) is 0.500. The Morgan fingerprint density at radius 2 is 2.29 bits per heavy atom. The zero-order valence-corrected chi connectivity index (χ0v) is 10.7. The quantitative estimate of drug-likeness (QED) is 0.762. The zero-order valence-electron chi connectivity index (χ0n) is 9.88. The maximum atomic E-state index is 11.9. The summed E-state index contributed by atoms with van der Waals surface area (Å²) in [5.74, 6) is 0.0831. The number of nitrogen functional groups attached to an aromatic ring is 1. The summed E-state index contributed by atoms with van der Waals surface area (Å²) in [6.45, 7) is 2.65. The molecule has 0 aliphatic carbocycles. The molecular weight excluding hydrogens is 242 g/mol. The van der Waals surface area contributed by atoms with Crippen LogP contribution in [-0.4, -0.2) is 33.7 Å². The molecule has 0 aromatic carbocycles. The molecule has 96 valence electrons. The second-order valence-corrected chi connectivity index (χ2v) is 5.49. The third-order valence-corrected chi connectivity index (χ3v) is 3.53. The summed E-state index contributed by atoms with van der Waals surface area (Å²) in [7, 11) is -2.07. The van der Waals surface area contributed by atoms with Gasteiger partial charge in [0, 0.05) is 26.5 Å². The van der Waals surface area contributed by atoms with Gasteiger partial charge in [0.05, 0.1) is 5.69 Å². The molecule has 1 aromatic heterocycles. The number of anilines is 1. The first-order valence-electron chi connectivity index (χ1n) is 5.16. The summed E-state index contributed by atoms with van der Waals surface area (Å²) < 4.78 is 31.1. The largest absolute Gasteiger partial charge is 0.396 e.